The molecule has 0 spiro atoms. The molecule has 0 fully saturated rings. The van der Waals surface area contributed by atoms with Crippen LogP contribution < -0.4 is 25.7 Å². The second-order valence-corrected chi connectivity index (χ2v) is 20.1. The van der Waals surface area contributed by atoms with Gasteiger partial charge in [0.05, 0.1) is 13.2 Å². The molecule has 8 rings (SSSR count). The van der Waals surface area contributed by atoms with Crippen LogP contribution >= 0.6 is 0 Å². The van der Waals surface area contributed by atoms with Crippen LogP contribution in [-0.2, 0) is 0 Å². The molecule has 2 amide bonds. The van der Waals surface area contributed by atoms with Crippen molar-refractivity contribution in [2.45, 2.75) is 99.8 Å². The van der Waals surface area contributed by atoms with Gasteiger partial charge in [0.25, 0.3) is 5.56 Å². The third kappa shape index (κ3) is 14.9. The molecule has 0 radical (unpaired) electrons. The zero-order valence-corrected chi connectivity index (χ0v) is 43.0. The minimum absolute atomic E-state index is 0.0481. The molecule has 14 nitrogen and oxygen atoms in total. The maximum Gasteiger partial charge on any atom is 0.326 e. The normalized spacial score (nSPS) is 12.3. The molecule has 0 saturated heterocycles. The smallest absolute Gasteiger partial charge is 0.326 e. The number of rotatable bonds is 24. The Labute approximate surface area is 427 Å². The van der Waals surface area contributed by atoms with Crippen LogP contribution in [0.25, 0.3) is 67.7 Å². The molecule has 0 bridgehead atoms. The van der Waals surface area contributed by atoms with Gasteiger partial charge in [-0.05, 0) is 122 Å². The molecule has 3 N–H and O–H groups in total. The number of anilines is 2. The number of nitrogens with one attached hydrogen (secondary N) is 3. The van der Waals surface area contributed by atoms with E-state index in [1.807, 2.05) is 97.1 Å². The Kier molecular flexibility index (Phi) is 17.4. The molecule has 380 valence electrons. The number of benzene rings is 4. The SMILES string of the molecule is Cc1cc(=O)nc(NC(=O)Nc2ccc(-c3cc(-c4cc(-c5cc(-c6ccc(OCC[C@@H](C)CCCC(C)C)cc6)no5)cc(-c5cc(-c6ccc(OCC[C@@H](C)CCCC(C)C)cc6)no5)c4)on3)cc2)[nH]1. The molecule has 0 aliphatic rings. The second-order valence-electron chi connectivity index (χ2n) is 20.1. The zero-order chi connectivity index (χ0) is 51.3. The number of hydrogen-bond acceptors (Lipinski definition) is 11. The Morgan fingerprint density at radius 2 is 0.932 bits per heavy atom. The summed E-state index contributed by atoms with van der Waals surface area (Å²) in [5.74, 6) is 5.99. The molecular weight excluding hydrogens is 919 g/mol. The van der Waals surface area contributed by atoms with E-state index in [4.69, 9.17) is 23.0 Å². The summed E-state index contributed by atoms with van der Waals surface area (Å²) in [6, 6.07) is 35.4. The second kappa shape index (κ2) is 24.6. The predicted molar refractivity (Wildman–Crippen MR) is 287 cm³/mol. The van der Waals surface area contributed by atoms with E-state index in [0.29, 0.717) is 76.4 Å². The first-order valence-corrected chi connectivity index (χ1v) is 25.6. The number of ether oxygens (including phenoxy) is 2. The monoisotopic (exact) mass is 986 g/mol. The average molecular weight is 986 g/mol. The number of amides is 2. The van der Waals surface area contributed by atoms with Gasteiger partial charge in [-0.2, -0.15) is 4.98 Å². The summed E-state index contributed by atoms with van der Waals surface area (Å²) in [7, 11) is 0. The van der Waals surface area contributed by atoms with Crippen molar-refractivity contribution in [1.82, 2.24) is 25.4 Å². The summed E-state index contributed by atoms with van der Waals surface area (Å²) >= 11 is 0. The van der Waals surface area contributed by atoms with Crippen molar-refractivity contribution in [3.63, 3.8) is 0 Å². The van der Waals surface area contributed by atoms with Gasteiger partial charge in [0.2, 0.25) is 5.95 Å². The lowest BCUT2D eigenvalue weighted by molar-refractivity contribution is 0.262. The molecule has 0 saturated carbocycles. The number of aryl methyl sites for hydroxylation is 1. The summed E-state index contributed by atoms with van der Waals surface area (Å²) in [5, 5.41) is 18.7. The highest BCUT2D eigenvalue weighted by Gasteiger charge is 2.19. The van der Waals surface area contributed by atoms with Crippen molar-refractivity contribution in [2.24, 2.45) is 23.7 Å². The fraction of sp³-hybridized carbons (Fsp3) is 0.356. The molecule has 0 aliphatic carbocycles. The van der Waals surface area contributed by atoms with Crippen molar-refractivity contribution in [3.8, 4) is 79.2 Å². The van der Waals surface area contributed by atoms with Gasteiger partial charge in [-0.1, -0.05) is 108 Å². The highest BCUT2D eigenvalue weighted by Crippen LogP contribution is 2.37. The third-order valence-electron chi connectivity index (χ3n) is 12.9. The summed E-state index contributed by atoms with van der Waals surface area (Å²) < 4.78 is 30.3. The Morgan fingerprint density at radius 3 is 1.33 bits per heavy atom. The van der Waals surface area contributed by atoms with Crippen molar-refractivity contribution in [2.75, 3.05) is 23.8 Å². The van der Waals surface area contributed by atoms with E-state index in [-0.39, 0.29) is 5.95 Å². The summed E-state index contributed by atoms with van der Waals surface area (Å²) in [5.41, 5.74) is 7.30. The van der Waals surface area contributed by atoms with E-state index in [1.54, 1.807) is 19.1 Å². The number of aromatic amines is 1. The van der Waals surface area contributed by atoms with E-state index < -0.39 is 11.6 Å². The van der Waals surface area contributed by atoms with Crippen LogP contribution in [0.4, 0.5) is 16.4 Å². The van der Waals surface area contributed by atoms with Crippen LogP contribution in [0.1, 0.15) is 98.6 Å². The van der Waals surface area contributed by atoms with E-state index in [1.165, 1.54) is 44.6 Å². The molecule has 14 heteroatoms. The van der Waals surface area contributed by atoms with Gasteiger partial charge >= 0.3 is 6.03 Å². The average Bonchev–Trinajstić information content (AvgIpc) is 4.17. The van der Waals surface area contributed by atoms with Gasteiger partial charge in [0, 0.05) is 69.0 Å². The first-order valence-electron chi connectivity index (χ1n) is 25.6. The lowest BCUT2D eigenvalue weighted by Crippen LogP contribution is -2.23. The number of urea groups is 1. The number of nitrogens with zero attached hydrogens (tertiary/aromatic N) is 4. The molecule has 2 atom stereocenters. The van der Waals surface area contributed by atoms with Gasteiger partial charge in [-0.15, -0.1) is 0 Å². The van der Waals surface area contributed by atoms with Crippen LogP contribution in [0.2, 0.25) is 0 Å². The number of aromatic nitrogens is 5. The molecule has 8 aromatic rings. The van der Waals surface area contributed by atoms with E-state index >= 15 is 0 Å². The molecule has 4 aromatic heterocycles. The van der Waals surface area contributed by atoms with Crippen LogP contribution in [0.15, 0.2) is 134 Å². The Morgan fingerprint density at radius 1 is 0.521 bits per heavy atom. The fourth-order valence-corrected chi connectivity index (χ4v) is 8.57. The predicted octanol–water partition coefficient (Wildman–Crippen LogP) is 15.2. The quantitative estimate of drug-likeness (QED) is 0.0523. The van der Waals surface area contributed by atoms with E-state index in [9.17, 15) is 9.59 Å². The molecule has 0 unspecified atom stereocenters. The Balaban J connectivity index is 0.988. The largest absolute Gasteiger partial charge is 0.494 e. The maximum atomic E-state index is 12.7. The van der Waals surface area contributed by atoms with Crippen molar-refractivity contribution in [3.05, 3.63) is 131 Å². The first kappa shape index (κ1) is 51.6. The minimum atomic E-state index is -0.559. The van der Waals surface area contributed by atoms with Gasteiger partial charge in [0.15, 0.2) is 17.3 Å². The van der Waals surface area contributed by atoms with Crippen molar-refractivity contribution >= 4 is 17.7 Å². The van der Waals surface area contributed by atoms with E-state index in [2.05, 4.69) is 77.6 Å². The van der Waals surface area contributed by atoms with Crippen LogP contribution in [0.5, 0.6) is 11.5 Å². The van der Waals surface area contributed by atoms with Gasteiger partial charge in [-0.3, -0.25) is 10.1 Å². The summed E-state index contributed by atoms with van der Waals surface area (Å²) in [4.78, 5) is 31.1. The van der Waals surface area contributed by atoms with Crippen molar-refractivity contribution < 1.29 is 27.8 Å². The standard InChI is InChI=1S/C59H67N7O7/c1-37(2)10-8-12-39(5)26-28-69-49-22-16-43(17-23-49)52-35-55(72-65-52)46-31-45(54-34-51(64-71-54)42-14-20-48(21-15-42)61-59(68)63-58-60-41(7)30-57(67)62-58)32-47(33-46)56-36-53(66-73-56)44-18-24-50(25-19-44)70-29-27-40(6)13-9-11-38(3)4/h14-25,30-40H,8-13,26-29H2,1-7H3,(H3,60,61,62,63,67,68)/t39-,40-/m0/s1. The topological polar surface area (TPSA) is 183 Å². The van der Waals surface area contributed by atoms with Gasteiger partial charge in [0.1, 0.15) is 28.6 Å². The highest BCUT2D eigenvalue weighted by atomic mass is 16.5. The summed E-state index contributed by atoms with van der Waals surface area (Å²) in [6.45, 7) is 16.8. The maximum absolute atomic E-state index is 12.7. The lowest BCUT2D eigenvalue weighted by Gasteiger charge is -2.13. The Bertz CT molecular complexity index is 2950. The zero-order valence-electron chi connectivity index (χ0n) is 43.0. The molecule has 73 heavy (non-hydrogen) atoms. The first-order chi connectivity index (χ1) is 35.3. The molecule has 4 aromatic carbocycles. The Hall–Kier alpha value is -7.74. The fourth-order valence-electron chi connectivity index (χ4n) is 8.57. The number of H-pyrrole nitrogens is 1. The summed E-state index contributed by atoms with van der Waals surface area (Å²) in [6.07, 6.45) is 9.52. The lowest BCUT2D eigenvalue weighted by atomic mass is 9.98. The third-order valence-corrected chi connectivity index (χ3v) is 12.9. The molecule has 4 heterocycles. The van der Waals surface area contributed by atoms with Crippen LogP contribution in [0, 0.1) is 30.6 Å². The van der Waals surface area contributed by atoms with Gasteiger partial charge in [-0.25, -0.2) is 4.79 Å². The number of carbonyl (C=O) groups is 1. The minimum Gasteiger partial charge on any atom is -0.494 e. The van der Waals surface area contributed by atoms with Gasteiger partial charge < -0.3 is 33.3 Å². The number of carbonyl (C=O) groups excluding carboxylic acids is 1. The molecular formula is C59H67N7O7. The molecule has 0 aliphatic heterocycles. The highest BCUT2D eigenvalue weighted by molar-refractivity contribution is 5.98. The number of hydrogen-bond donors (Lipinski definition) is 3. The van der Waals surface area contributed by atoms with Crippen LogP contribution in [-0.4, -0.2) is 44.7 Å². The van der Waals surface area contributed by atoms with E-state index in [0.717, 1.165) is 64.0 Å². The van der Waals surface area contributed by atoms with Crippen LogP contribution in [0.3, 0.4) is 0 Å². The van der Waals surface area contributed by atoms with Crippen molar-refractivity contribution in [1.29, 1.82) is 0 Å².